The highest BCUT2D eigenvalue weighted by molar-refractivity contribution is 5.04. The number of ether oxygens (including phenoxy) is 1. The third-order valence-corrected chi connectivity index (χ3v) is 2.28. The number of hydrogen-bond donors (Lipinski definition) is 2. The molecule has 1 aromatic rings. The van der Waals surface area contributed by atoms with Crippen molar-refractivity contribution >= 4 is 0 Å². The van der Waals surface area contributed by atoms with E-state index in [1.54, 1.807) is 4.68 Å². The van der Waals surface area contributed by atoms with Crippen molar-refractivity contribution in [2.24, 2.45) is 12.9 Å². The molecular weight excluding hydrogens is 192 g/mol. The van der Waals surface area contributed by atoms with Gasteiger partial charge in [-0.25, -0.2) is 0 Å². The quantitative estimate of drug-likeness (QED) is 0.397. The first kappa shape index (κ1) is 12.2. The highest BCUT2D eigenvalue weighted by Crippen LogP contribution is 2.14. The molecule has 0 aliphatic rings. The molecular formula is C10H20N4O. The molecule has 0 aliphatic carbocycles. The summed E-state index contributed by atoms with van der Waals surface area (Å²) in [5.74, 6) is 5.49. The molecule has 5 nitrogen and oxygen atoms in total. The minimum absolute atomic E-state index is 0.117. The van der Waals surface area contributed by atoms with Gasteiger partial charge in [0, 0.05) is 26.5 Å². The van der Waals surface area contributed by atoms with Crippen LogP contribution in [0, 0.1) is 0 Å². The van der Waals surface area contributed by atoms with Crippen LogP contribution in [-0.2, 0) is 11.8 Å². The minimum atomic E-state index is 0.117. The fraction of sp³-hybridized carbons (Fsp3) is 0.700. The fourth-order valence-corrected chi connectivity index (χ4v) is 1.47. The first-order valence-electron chi connectivity index (χ1n) is 5.31. The molecule has 0 radical (unpaired) electrons. The first-order chi connectivity index (χ1) is 7.27. The van der Waals surface area contributed by atoms with Crippen molar-refractivity contribution in [3.8, 4) is 0 Å². The van der Waals surface area contributed by atoms with Crippen molar-refractivity contribution in [1.82, 2.24) is 15.2 Å². The first-order valence-corrected chi connectivity index (χ1v) is 5.31. The summed E-state index contributed by atoms with van der Waals surface area (Å²) in [5, 5.41) is 4.31. The average Bonchev–Trinajstić information content (AvgIpc) is 2.65. The van der Waals surface area contributed by atoms with Gasteiger partial charge in [-0.1, -0.05) is 0 Å². The molecule has 0 spiro atoms. The molecule has 3 N–H and O–H groups in total. The lowest BCUT2D eigenvalue weighted by Gasteiger charge is -2.12. The predicted octanol–water partition coefficient (Wildman–Crippen LogP) is 0.741. The minimum Gasteiger partial charge on any atom is -0.382 e. The van der Waals surface area contributed by atoms with Gasteiger partial charge in [-0.05, 0) is 25.8 Å². The molecule has 1 unspecified atom stereocenters. The summed E-state index contributed by atoms with van der Waals surface area (Å²) in [5.41, 5.74) is 3.76. The van der Waals surface area contributed by atoms with Gasteiger partial charge in [-0.15, -0.1) is 0 Å². The van der Waals surface area contributed by atoms with Crippen LogP contribution in [0.3, 0.4) is 0 Å². The smallest absolute Gasteiger partial charge is 0.0807 e. The van der Waals surface area contributed by atoms with Gasteiger partial charge in [0.2, 0.25) is 0 Å². The lowest BCUT2D eigenvalue weighted by Crippen LogP contribution is -2.28. The number of aromatic nitrogens is 2. The van der Waals surface area contributed by atoms with Crippen LogP contribution in [0.2, 0.25) is 0 Å². The monoisotopic (exact) mass is 212 g/mol. The zero-order valence-corrected chi connectivity index (χ0v) is 9.44. The van der Waals surface area contributed by atoms with Crippen molar-refractivity contribution in [2.75, 3.05) is 13.2 Å². The van der Waals surface area contributed by atoms with Gasteiger partial charge in [-0.3, -0.25) is 16.0 Å². The molecule has 0 saturated heterocycles. The summed E-state index contributed by atoms with van der Waals surface area (Å²) < 4.78 is 7.06. The van der Waals surface area contributed by atoms with Crippen molar-refractivity contribution in [2.45, 2.75) is 25.8 Å². The van der Waals surface area contributed by atoms with Gasteiger partial charge >= 0.3 is 0 Å². The molecule has 0 bridgehead atoms. The number of rotatable bonds is 7. The van der Waals surface area contributed by atoms with Crippen LogP contribution in [0.4, 0.5) is 0 Å². The maximum Gasteiger partial charge on any atom is 0.0807 e. The van der Waals surface area contributed by atoms with E-state index in [-0.39, 0.29) is 6.04 Å². The molecule has 0 aliphatic heterocycles. The van der Waals surface area contributed by atoms with Crippen LogP contribution in [0.15, 0.2) is 12.3 Å². The number of nitrogens with zero attached hydrogens (tertiary/aromatic N) is 2. The Kier molecular flexibility index (Phi) is 5.31. The summed E-state index contributed by atoms with van der Waals surface area (Å²) in [4.78, 5) is 0. The van der Waals surface area contributed by atoms with Crippen LogP contribution >= 0.6 is 0 Å². The highest BCUT2D eigenvalue weighted by atomic mass is 16.5. The van der Waals surface area contributed by atoms with Crippen molar-refractivity contribution in [3.63, 3.8) is 0 Å². The van der Waals surface area contributed by atoms with Gasteiger partial charge in [0.25, 0.3) is 0 Å². The molecule has 1 rings (SSSR count). The molecule has 0 saturated carbocycles. The third-order valence-electron chi connectivity index (χ3n) is 2.28. The largest absolute Gasteiger partial charge is 0.382 e. The Morgan fingerprint density at radius 3 is 3.00 bits per heavy atom. The lowest BCUT2D eigenvalue weighted by molar-refractivity contribution is 0.140. The molecule has 1 atom stereocenters. The second-order valence-corrected chi connectivity index (χ2v) is 3.47. The number of nitrogens with two attached hydrogens (primary N) is 1. The molecule has 0 aromatic carbocycles. The van der Waals surface area contributed by atoms with E-state index in [2.05, 4.69) is 10.5 Å². The van der Waals surface area contributed by atoms with Crippen molar-refractivity contribution in [1.29, 1.82) is 0 Å². The summed E-state index contributed by atoms with van der Waals surface area (Å²) in [7, 11) is 1.90. The van der Waals surface area contributed by atoms with Crippen LogP contribution in [-0.4, -0.2) is 23.0 Å². The molecule has 86 valence electrons. The SMILES string of the molecule is CCOCCCC(NN)c1ccn(C)n1. The van der Waals surface area contributed by atoms with Gasteiger partial charge in [-0.2, -0.15) is 5.10 Å². The Morgan fingerprint density at radius 2 is 2.47 bits per heavy atom. The Hall–Kier alpha value is -0.910. The van der Waals surface area contributed by atoms with Crippen LogP contribution < -0.4 is 11.3 Å². The van der Waals surface area contributed by atoms with Gasteiger partial charge in [0.1, 0.15) is 0 Å². The van der Waals surface area contributed by atoms with Gasteiger partial charge < -0.3 is 4.74 Å². The Labute approximate surface area is 90.6 Å². The Balaban J connectivity index is 2.35. The fourth-order valence-electron chi connectivity index (χ4n) is 1.47. The second kappa shape index (κ2) is 6.55. The van der Waals surface area contributed by atoms with Crippen LogP contribution in [0.25, 0.3) is 0 Å². The topological polar surface area (TPSA) is 65.1 Å². The lowest BCUT2D eigenvalue weighted by atomic mass is 10.1. The molecule has 1 heterocycles. The van der Waals surface area contributed by atoms with E-state index in [0.29, 0.717) is 0 Å². The van der Waals surface area contributed by atoms with Crippen molar-refractivity contribution < 1.29 is 4.74 Å². The summed E-state index contributed by atoms with van der Waals surface area (Å²) in [6, 6.07) is 2.09. The Morgan fingerprint density at radius 1 is 1.67 bits per heavy atom. The van der Waals surface area contributed by atoms with E-state index in [0.717, 1.165) is 31.7 Å². The van der Waals surface area contributed by atoms with E-state index in [4.69, 9.17) is 10.6 Å². The maximum absolute atomic E-state index is 5.49. The number of aryl methyl sites for hydroxylation is 1. The summed E-state index contributed by atoms with van der Waals surface area (Å²) in [6.45, 7) is 3.54. The van der Waals surface area contributed by atoms with Gasteiger partial charge in [0.15, 0.2) is 0 Å². The normalized spacial score (nSPS) is 13.0. The summed E-state index contributed by atoms with van der Waals surface area (Å²) in [6.07, 6.45) is 3.84. The molecule has 1 aromatic heterocycles. The van der Waals surface area contributed by atoms with Crippen LogP contribution in [0.1, 0.15) is 31.5 Å². The molecule has 15 heavy (non-hydrogen) atoms. The highest BCUT2D eigenvalue weighted by Gasteiger charge is 2.11. The van der Waals surface area contributed by atoms with E-state index in [1.165, 1.54) is 0 Å². The van der Waals surface area contributed by atoms with Gasteiger partial charge in [0.05, 0.1) is 11.7 Å². The van der Waals surface area contributed by atoms with E-state index in [1.807, 2.05) is 26.2 Å². The Bertz CT molecular complexity index is 274. The average molecular weight is 212 g/mol. The maximum atomic E-state index is 5.49. The zero-order chi connectivity index (χ0) is 11.1. The number of nitrogens with one attached hydrogen (secondary N) is 1. The number of hydrazine groups is 1. The van der Waals surface area contributed by atoms with E-state index in [9.17, 15) is 0 Å². The van der Waals surface area contributed by atoms with E-state index < -0.39 is 0 Å². The predicted molar refractivity (Wildman–Crippen MR) is 59.0 cm³/mol. The second-order valence-electron chi connectivity index (χ2n) is 3.47. The van der Waals surface area contributed by atoms with Crippen molar-refractivity contribution in [3.05, 3.63) is 18.0 Å². The molecule has 0 fully saturated rings. The standard InChI is InChI=1S/C10H20N4O/c1-3-15-8-4-5-9(12-11)10-6-7-14(2)13-10/h6-7,9,12H,3-5,8,11H2,1-2H3. The van der Waals surface area contributed by atoms with E-state index >= 15 is 0 Å². The number of hydrogen-bond acceptors (Lipinski definition) is 4. The van der Waals surface area contributed by atoms with Crippen LogP contribution in [0.5, 0.6) is 0 Å². The summed E-state index contributed by atoms with van der Waals surface area (Å²) >= 11 is 0. The molecule has 0 amide bonds. The zero-order valence-electron chi connectivity index (χ0n) is 9.44. The third kappa shape index (κ3) is 3.99. The molecule has 5 heteroatoms.